The molecule has 1 aliphatic carbocycles. The Bertz CT molecular complexity index is 718. The van der Waals surface area contributed by atoms with Gasteiger partial charge in [-0.2, -0.15) is 0 Å². The lowest BCUT2D eigenvalue weighted by atomic mass is 9.66. The van der Waals surface area contributed by atoms with E-state index in [1.165, 1.54) is 19.3 Å². The van der Waals surface area contributed by atoms with Crippen molar-refractivity contribution in [3.63, 3.8) is 0 Å². The largest absolute Gasteiger partial charge is 0.340 e. The smallest absolute Gasteiger partial charge is 0.227 e. The van der Waals surface area contributed by atoms with Crippen LogP contribution in [0.1, 0.15) is 24.8 Å². The SMILES string of the molecule is NC1CN(C(=O)Cc2cccc3cnccc23)CC12CCC2. The van der Waals surface area contributed by atoms with Crippen LogP contribution in [0.15, 0.2) is 36.7 Å². The first-order chi connectivity index (χ1) is 10.7. The van der Waals surface area contributed by atoms with Crippen LogP contribution in [-0.2, 0) is 11.2 Å². The van der Waals surface area contributed by atoms with Gasteiger partial charge in [0, 0.05) is 42.3 Å². The Balaban J connectivity index is 1.54. The summed E-state index contributed by atoms with van der Waals surface area (Å²) in [6.45, 7) is 1.56. The van der Waals surface area contributed by atoms with E-state index >= 15 is 0 Å². The highest BCUT2D eigenvalue weighted by Crippen LogP contribution is 2.47. The summed E-state index contributed by atoms with van der Waals surface area (Å²) in [5.41, 5.74) is 7.58. The number of nitrogens with zero attached hydrogens (tertiary/aromatic N) is 2. The summed E-state index contributed by atoms with van der Waals surface area (Å²) < 4.78 is 0. The van der Waals surface area contributed by atoms with Crippen molar-refractivity contribution in [2.75, 3.05) is 13.1 Å². The summed E-state index contributed by atoms with van der Waals surface area (Å²) in [5, 5.41) is 2.20. The third-order valence-electron chi connectivity index (χ3n) is 5.52. The topological polar surface area (TPSA) is 59.2 Å². The molecule has 1 unspecified atom stereocenters. The highest BCUT2D eigenvalue weighted by atomic mass is 16.2. The number of carbonyl (C=O) groups excluding carboxylic acids is 1. The molecule has 2 fully saturated rings. The van der Waals surface area contributed by atoms with Gasteiger partial charge in [0.2, 0.25) is 5.91 Å². The van der Waals surface area contributed by atoms with E-state index in [4.69, 9.17) is 5.73 Å². The van der Waals surface area contributed by atoms with Gasteiger partial charge in [0.05, 0.1) is 6.42 Å². The molecule has 1 spiro atoms. The third kappa shape index (κ3) is 2.10. The first kappa shape index (κ1) is 13.7. The molecule has 2 aromatic rings. The Morgan fingerprint density at radius 1 is 1.36 bits per heavy atom. The van der Waals surface area contributed by atoms with Crippen LogP contribution in [0.5, 0.6) is 0 Å². The molecule has 1 saturated carbocycles. The highest BCUT2D eigenvalue weighted by Gasteiger charge is 2.49. The van der Waals surface area contributed by atoms with Crippen molar-refractivity contribution in [2.24, 2.45) is 11.1 Å². The number of hydrogen-bond acceptors (Lipinski definition) is 3. The van der Waals surface area contributed by atoms with Crippen molar-refractivity contribution >= 4 is 16.7 Å². The Morgan fingerprint density at radius 3 is 2.95 bits per heavy atom. The fourth-order valence-corrected chi connectivity index (χ4v) is 3.96. The third-order valence-corrected chi connectivity index (χ3v) is 5.52. The maximum Gasteiger partial charge on any atom is 0.227 e. The van der Waals surface area contributed by atoms with Gasteiger partial charge in [0.15, 0.2) is 0 Å². The second-order valence-electron chi connectivity index (χ2n) is 6.79. The van der Waals surface area contributed by atoms with Gasteiger partial charge < -0.3 is 10.6 Å². The molecule has 4 nitrogen and oxygen atoms in total. The molecule has 22 heavy (non-hydrogen) atoms. The van der Waals surface area contributed by atoms with E-state index in [2.05, 4.69) is 4.98 Å². The number of benzene rings is 1. The molecule has 1 aromatic carbocycles. The summed E-state index contributed by atoms with van der Waals surface area (Å²) in [6, 6.07) is 8.21. The average molecular weight is 295 g/mol. The number of nitrogens with two attached hydrogens (primary N) is 1. The standard InChI is InChI=1S/C18H21N3O/c19-16-11-21(12-18(16)6-2-7-18)17(22)9-13-3-1-4-14-10-20-8-5-15(13)14/h1,3-5,8,10,16H,2,6-7,9,11-12,19H2. The molecular weight excluding hydrogens is 274 g/mol. The van der Waals surface area contributed by atoms with Crippen LogP contribution in [0.25, 0.3) is 10.8 Å². The van der Waals surface area contributed by atoms with E-state index in [9.17, 15) is 4.79 Å². The van der Waals surface area contributed by atoms with Crippen molar-refractivity contribution in [2.45, 2.75) is 31.7 Å². The molecule has 0 bridgehead atoms. The fourth-order valence-electron chi connectivity index (χ4n) is 3.96. The van der Waals surface area contributed by atoms with E-state index in [0.717, 1.165) is 22.9 Å². The summed E-state index contributed by atoms with van der Waals surface area (Å²) in [7, 11) is 0. The molecule has 2 heterocycles. The Hall–Kier alpha value is -1.94. The maximum absolute atomic E-state index is 12.7. The molecule has 1 amide bonds. The molecule has 1 atom stereocenters. The van der Waals surface area contributed by atoms with Gasteiger partial charge >= 0.3 is 0 Å². The van der Waals surface area contributed by atoms with Crippen molar-refractivity contribution < 1.29 is 4.79 Å². The lowest BCUT2D eigenvalue weighted by molar-refractivity contribution is -0.130. The van der Waals surface area contributed by atoms with Gasteiger partial charge in [-0.15, -0.1) is 0 Å². The van der Waals surface area contributed by atoms with Crippen LogP contribution in [0.4, 0.5) is 0 Å². The zero-order chi connectivity index (χ0) is 15.2. The summed E-state index contributed by atoms with van der Waals surface area (Å²) in [6.07, 6.45) is 7.69. The summed E-state index contributed by atoms with van der Waals surface area (Å²) in [5.74, 6) is 0.198. The second kappa shape index (κ2) is 5.06. The van der Waals surface area contributed by atoms with Gasteiger partial charge in [-0.25, -0.2) is 0 Å². The van der Waals surface area contributed by atoms with Crippen LogP contribution in [0.3, 0.4) is 0 Å². The number of carbonyl (C=O) groups is 1. The average Bonchev–Trinajstić information content (AvgIpc) is 2.86. The van der Waals surface area contributed by atoms with E-state index in [1.54, 1.807) is 6.20 Å². The monoisotopic (exact) mass is 295 g/mol. The van der Waals surface area contributed by atoms with Crippen LogP contribution in [-0.4, -0.2) is 34.9 Å². The van der Waals surface area contributed by atoms with Gasteiger partial charge in [0.1, 0.15) is 0 Å². The molecule has 4 rings (SSSR count). The quantitative estimate of drug-likeness (QED) is 0.923. The van der Waals surface area contributed by atoms with Crippen LogP contribution < -0.4 is 5.73 Å². The van der Waals surface area contributed by atoms with Gasteiger partial charge in [-0.3, -0.25) is 9.78 Å². The van der Waals surface area contributed by atoms with Gasteiger partial charge in [-0.1, -0.05) is 24.6 Å². The lowest BCUT2D eigenvalue weighted by Crippen LogP contribution is -2.45. The van der Waals surface area contributed by atoms with E-state index in [-0.39, 0.29) is 17.4 Å². The van der Waals surface area contributed by atoms with Crippen LogP contribution in [0, 0.1) is 5.41 Å². The molecule has 4 heteroatoms. The molecule has 0 radical (unpaired) electrons. The Labute approximate surface area is 130 Å². The minimum atomic E-state index is 0.155. The number of fused-ring (bicyclic) bond motifs is 1. The highest BCUT2D eigenvalue weighted by molar-refractivity contribution is 5.89. The number of hydrogen-bond donors (Lipinski definition) is 1. The number of amides is 1. The summed E-state index contributed by atoms with van der Waals surface area (Å²) >= 11 is 0. The first-order valence-electron chi connectivity index (χ1n) is 8.03. The van der Waals surface area contributed by atoms with Crippen LogP contribution in [0.2, 0.25) is 0 Å². The van der Waals surface area contributed by atoms with E-state index in [1.807, 2.05) is 35.4 Å². The van der Waals surface area contributed by atoms with Crippen molar-refractivity contribution in [1.29, 1.82) is 0 Å². The molecule has 1 aliphatic heterocycles. The number of aromatic nitrogens is 1. The number of rotatable bonds is 2. The molecule has 2 N–H and O–H groups in total. The number of pyridine rings is 1. The van der Waals surface area contributed by atoms with Crippen molar-refractivity contribution in [3.8, 4) is 0 Å². The molecule has 1 saturated heterocycles. The van der Waals surface area contributed by atoms with E-state index in [0.29, 0.717) is 13.0 Å². The zero-order valence-electron chi connectivity index (χ0n) is 12.7. The number of likely N-dealkylation sites (tertiary alicyclic amines) is 1. The Kier molecular flexibility index (Phi) is 3.15. The second-order valence-corrected chi connectivity index (χ2v) is 6.79. The predicted molar refractivity (Wildman–Crippen MR) is 86.3 cm³/mol. The summed E-state index contributed by atoms with van der Waals surface area (Å²) in [4.78, 5) is 18.8. The van der Waals surface area contributed by atoms with Crippen molar-refractivity contribution in [1.82, 2.24) is 9.88 Å². The van der Waals surface area contributed by atoms with Gasteiger partial charge in [0.25, 0.3) is 0 Å². The first-order valence-corrected chi connectivity index (χ1v) is 8.03. The predicted octanol–water partition coefficient (Wildman–Crippen LogP) is 2.12. The Morgan fingerprint density at radius 2 is 2.23 bits per heavy atom. The zero-order valence-corrected chi connectivity index (χ0v) is 12.7. The maximum atomic E-state index is 12.7. The molecule has 2 aliphatic rings. The van der Waals surface area contributed by atoms with Crippen molar-refractivity contribution in [3.05, 3.63) is 42.2 Å². The lowest BCUT2D eigenvalue weighted by Gasteiger charge is -2.41. The van der Waals surface area contributed by atoms with Gasteiger partial charge in [-0.05, 0) is 29.9 Å². The fraction of sp³-hybridized carbons (Fsp3) is 0.444. The normalized spacial score (nSPS) is 23.0. The van der Waals surface area contributed by atoms with E-state index < -0.39 is 0 Å². The molecule has 1 aromatic heterocycles. The molecular formula is C18H21N3O. The molecule has 114 valence electrons. The minimum absolute atomic E-state index is 0.155. The minimum Gasteiger partial charge on any atom is -0.340 e. The van der Waals surface area contributed by atoms with Crippen LogP contribution >= 0.6 is 0 Å².